The SMILES string of the molecule is CC(O)CNC(C)c1cccc2ccccc12. The molecule has 0 spiro atoms. The molecule has 0 aromatic heterocycles. The number of hydrogen-bond acceptors (Lipinski definition) is 2. The van der Waals surface area contributed by atoms with Crippen molar-refractivity contribution in [3.63, 3.8) is 0 Å². The van der Waals surface area contributed by atoms with Crippen LogP contribution in [0.1, 0.15) is 25.5 Å². The Kier molecular flexibility index (Phi) is 3.77. The van der Waals surface area contributed by atoms with Gasteiger partial charge in [0.05, 0.1) is 6.10 Å². The fraction of sp³-hybridized carbons (Fsp3) is 0.333. The van der Waals surface area contributed by atoms with Gasteiger partial charge in [-0.05, 0) is 30.2 Å². The molecule has 0 bridgehead atoms. The van der Waals surface area contributed by atoms with Crippen LogP contribution in [-0.2, 0) is 0 Å². The van der Waals surface area contributed by atoms with Crippen molar-refractivity contribution in [2.24, 2.45) is 0 Å². The van der Waals surface area contributed by atoms with E-state index in [2.05, 4.69) is 54.7 Å². The molecule has 0 aliphatic carbocycles. The molecule has 2 aromatic carbocycles. The van der Waals surface area contributed by atoms with Crippen molar-refractivity contribution in [3.05, 3.63) is 48.0 Å². The van der Waals surface area contributed by atoms with Gasteiger partial charge < -0.3 is 10.4 Å². The van der Waals surface area contributed by atoms with Crippen LogP contribution in [0.4, 0.5) is 0 Å². The third-order valence-corrected chi connectivity index (χ3v) is 3.01. The molecule has 0 fully saturated rings. The second-order valence-corrected chi connectivity index (χ2v) is 4.55. The first-order valence-corrected chi connectivity index (χ1v) is 6.07. The summed E-state index contributed by atoms with van der Waals surface area (Å²) in [6.07, 6.45) is -0.313. The molecule has 0 saturated heterocycles. The highest BCUT2D eigenvalue weighted by Gasteiger charge is 2.08. The van der Waals surface area contributed by atoms with Crippen LogP contribution in [0.2, 0.25) is 0 Å². The average Bonchev–Trinajstić information content (AvgIpc) is 2.35. The van der Waals surface area contributed by atoms with Gasteiger partial charge in [0, 0.05) is 12.6 Å². The van der Waals surface area contributed by atoms with E-state index < -0.39 is 0 Å². The lowest BCUT2D eigenvalue weighted by Crippen LogP contribution is -2.27. The number of benzene rings is 2. The minimum Gasteiger partial charge on any atom is -0.392 e. The standard InChI is InChI=1S/C15H19NO/c1-11(17)10-16-12(2)14-9-5-7-13-6-3-4-8-15(13)14/h3-9,11-12,16-17H,10H2,1-2H3. The van der Waals surface area contributed by atoms with Gasteiger partial charge in [-0.3, -0.25) is 0 Å². The van der Waals surface area contributed by atoms with Crippen LogP contribution in [0.3, 0.4) is 0 Å². The molecule has 2 aromatic rings. The molecule has 0 saturated carbocycles. The lowest BCUT2D eigenvalue weighted by atomic mass is 9.99. The molecule has 90 valence electrons. The Labute approximate surface area is 102 Å². The molecule has 0 radical (unpaired) electrons. The van der Waals surface area contributed by atoms with E-state index in [0.29, 0.717) is 6.54 Å². The van der Waals surface area contributed by atoms with E-state index in [-0.39, 0.29) is 12.1 Å². The zero-order valence-corrected chi connectivity index (χ0v) is 10.4. The fourth-order valence-electron chi connectivity index (χ4n) is 2.09. The molecule has 2 unspecified atom stereocenters. The topological polar surface area (TPSA) is 32.3 Å². The summed E-state index contributed by atoms with van der Waals surface area (Å²) in [7, 11) is 0. The first-order valence-electron chi connectivity index (χ1n) is 6.07. The van der Waals surface area contributed by atoms with E-state index in [4.69, 9.17) is 0 Å². The predicted molar refractivity (Wildman–Crippen MR) is 72.0 cm³/mol. The summed E-state index contributed by atoms with van der Waals surface area (Å²) >= 11 is 0. The number of aliphatic hydroxyl groups excluding tert-OH is 1. The molecular weight excluding hydrogens is 210 g/mol. The largest absolute Gasteiger partial charge is 0.392 e. The van der Waals surface area contributed by atoms with Crippen LogP contribution in [0.15, 0.2) is 42.5 Å². The molecule has 17 heavy (non-hydrogen) atoms. The number of rotatable bonds is 4. The summed E-state index contributed by atoms with van der Waals surface area (Å²) in [5, 5.41) is 15.2. The molecule has 2 N–H and O–H groups in total. The number of nitrogens with one attached hydrogen (secondary N) is 1. The van der Waals surface area contributed by atoms with Crippen molar-refractivity contribution < 1.29 is 5.11 Å². The fourth-order valence-corrected chi connectivity index (χ4v) is 2.09. The highest BCUT2D eigenvalue weighted by atomic mass is 16.3. The summed E-state index contributed by atoms with van der Waals surface area (Å²) in [4.78, 5) is 0. The highest BCUT2D eigenvalue weighted by molar-refractivity contribution is 5.86. The van der Waals surface area contributed by atoms with Crippen molar-refractivity contribution in [2.45, 2.75) is 26.0 Å². The van der Waals surface area contributed by atoms with E-state index in [0.717, 1.165) is 0 Å². The Hall–Kier alpha value is -1.38. The Balaban J connectivity index is 2.28. The Bertz CT molecular complexity index is 488. The maximum absolute atomic E-state index is 9.30. The zero-order chi connectivity index (χ0) is 12.3. The molecule has 0 heterocycles. The smallest absolute Gasteiger partial charge is 0.0636 e. The Morgan fingerprint density at radius 3 is 2.53 bits per heavy atom. The van der Waals surface area contributed by atoms with Crippen LogP contribution in [0, 0.1) is 0 Å². The molecule has 2 heteroatoms. The molecule has 2 atom stereocenters. The van der Waals surface area contributed by atoms with Crippen LogP contribution in [0.25, 0.3) is 10.8 Å². The molecule has 2 nitrogen and oxygen atoms in total. The summed E-state index contributed by atoms with van der Waals surface area (Å²) in [5.41, 5.74) is 1.28. The average molecular weight is 229 g/mol. The molecule has 0 aliphatic heterocycles. The van der Waals surface area contributed by atoms with Crippen molar-refractivity contribution >= 4 is 10.8 Å². The van der Waals surface area contributed by atoms with Gasteiger partial charge in [0.2, 0.25) is 0 Å². The maximum atomic E-state index is 9.30. The van der Waals surface area contributed by atoms with E-state index >= 15 is 0 Å². The summed E-state index contributed by atoms with van der Waals surface area (Å²) in [5.74, 6) is 0. The highest BCUT2D eigenvalue weighted by Crippen LogP contribution is 2.23. The first-order chi connectivity index (χ1) is 8.18. The predicted octanol–water partition coefficient (Wildman–Crippen LogP) is 2.87. The van der Waals surface area contributed by atoms with Gasteiger partial charge in [-0.1, -0.05) is 42.5 Å². The van der Waals surface area contributed by atoms with Gasteiger partial charge in [-0.15, -0.1) is 0 Å². The van der Waals surface area contributed by atoms with Crippen molar-refractivity contribution in [2.75, 3.05) is 6.54 Å². The van der Waals surface area contributed by atoms with Crippen LogP contribution in [0.5, 0.6) is 0 Å². The maximum Gasteiger partial charge on any atom is 0.0636 e. The van der Waals surface area contributed by atoms with Gasteiger partial charge in [0.15, 0.2) is 0 Å². The van der Waals surface area contributed by atoms with Crippen molar-refractivity contribution in [1.29, 1.82) is 0 Å². The molecule has 2 rings (SSSR count). The third-order valence-electron chi connectivity index (χ3n) is 3.01. The number of hydrogen-bond donors (Lipinski definition) is 2. The van der Waals surface area contributed by atoms with E-state index in [1.165, 1.54) is 16.3 Å². The molecular formula is C15H19NO. The first kappa shape index (κ1) is 12.1. The monoisotopic (exact) mass is 229 g/mol. The lowest BCUT2D eigenvalue weighted by Gasteiger charge is -2.17. The Morgan fingerprint density at radius 2 is 1.76 bits per heavy atom. The van der Waals surface area contributed by atoms with Gasteiger partial charge in [-0.25, -0.2) is 0 Å². The minimum absolute atomic E-state index is 0.246. The van der Waals surface area contributed by atoms with Crippen LogP contribution < -0.4 is 5.32 Å². The normalized spacial score (nSPS) is 14.8. The summed E-state index contributed by atoms with van der Waals surface area (Å²) < 4.78 is 0. The quantitative estimate of drug-likeness (QED) is 0.845. The van der Waals surface area contributed by atoms with Gasteiger partial charge in [-0.2, -0.15) is 0 Å². The van der Waals surface area contributed by atoms with E-state index in [1.807, 2.05) is 0 Å². The molecule has 0 amide bonds. The van der Waals surface area contributed by atoms with Crippen molar-refractivity contribution in [3.8, 4) is 0 Å². The van der Waals surface area contributed by atoms with E-state index in [9.17, 15) is 5.11 Å². The second kappa shape index (κ2) is 5.30. The van der Waals surface area contributed by atoms with Crippen LogP contribution >= 0.6 is 0 Å². The number of fused-ring (bicyclic) bond motifs is 1. The van der Waals surface area contributed by atoms with Gasteiger partial charge >= 0.3 is 0 Å². The zero-order valence-electron chi connectivity index (χ0n) is 10.4. The molecule has 0 aliphatic rings. The van der Waals surface area contributed by atoms with Crippen molar-refractivity contribution in [1.82, 2.24) is 5.32 Å². The van der Waals surface area contributed by atoms with Crippen LogP contribution in [-0.4, -0.2) is 17.8 Å². The van der Waals surface area contributed by atoms with Gasteiger partial charge in [0.1, 0.15) is 0 Å². The third kappa shape index (κ3) is 2.84. The lowest BCUT2D eigenvalue weighted by molar-refractivity contribution is 0.187. The number of aliphatic hydroxyl groups is 1. The van der Waals surface area contributed by atoms with E-state index in [1.54, 1.807) is 6.92 Å². The second-order valence-electron chi connectivity index (χ2n) is 4.55. The summed E-state index contributed by atoms with van der Waals surface area (Å²) in [6, 6.07) is 15.0. The Morgan fingerprint density at radius 1 is 1.06 bits per heavy atom. The van der Waals surface area contributed by atoms with Gasteiger partial charge in [0.25, 0.3) is 0 Å². The minimum atomic E-state index is -0.313. The summed E-state index contributed by atoms with van der Waals surface area (Å²) in [6.45, 7) is 4.54.